The molecule has 1 N–H and O–H groups in total. The van der Waals surface area contributed by atoms with Crippen LogP contribution in [0.1, 0.15) is 23.1 Å². The van der Waals surface area contributed by atoms with E-state index in [2.05, 4.69) is 10.3 Å². The number of nitrogens with one attached hydrogen (secondary N) is 1. The van der Waals surface area contributed by atoms with Gasteiger partial charge in [-0.2, -0.15) is 4.99 Å². The SMILES string of the molecule is O=C(CC1C(=O)N=C2c3ccccc3N=C(SCc3cccc([N+](=O)[O-])c3)N21)NCc1ccc(F)cc1. The van der Waals surface area contributed by atoms with Crippen LogP contribution >= 0.6 is 11.8 Å². The molecule has 0 spiro atoms. The zero-order chi connectivity index (χ0) is 25.9. The molecule has 3 aromatic carbocycles. The molecule has 11 heteroatoms. The van der Waals surface area contributed by atoms with E-state index in [4.69, 9.17) is 4.99 Å². The van der Waals surface area contributed by atoms with Gasteiger partial charge in [-0.1, -0.05) is 48.2 Å². The van der Waals surface area contributed by atoms with E-state index in [1.165, 1.54) is 36.0 Å². The van der Waals surface area contributed by atoms with E-state index in [-0.39, 0.29) is 30.4 Å². The number of hydrogen-bond donors (Lipinski definition) is 1. The number of para-hydroxylation sites is 1. The summed E-state index contributed by atoms with van der Waals surface area (Å²) in [4.78, 5) is 47.1. The molecular weight excluding hydrogens is 497 g/mol. The average Bonchev–Trinajstić information content (AvgIpc) is 3.23. The van der Waals surface area contributed by atoms with E-state index in [0.29, 0.717) is 28.0 Å². The molecular formula is C26H20FN5O4S. The number of nitro groups is 1. The predicted octanol–water partition coefficient (Wildman–Crippen LogP) is 4.33. The molecule has 2 heterocycles. The maximum atomic E-state index is 13.1. The highest BCUT2D eigenvalue weighted by Gasteiger charge is 2.42. The molecule has 2 aliphatic rings. The molecule has 0 bridgehead atoms. The molecule has 0 radical (unpaired) electrons. The Morgan fingerprint density at radius 3 is 2.62 bits per heavy atom. The van der Waals surface area contributed by atoms with Gasteiger partial charge in [0.2, 0.25) is 5.91 Å². The number of halogens is 1. The average molecular weight is 518 g/mol. The number of rotatable bonds is 7. The summed E-state index contributed by atoms with van der Waals surface area (Å²) < 4.78 is 13.1. The highest BCUT2D eigenvalue weighted by molar-refractivity contribution is 8.13. The fourth-order valence-corrected chi connectivity index (χ4v) is 5.05. The standard InChI is InChI=1S/C26H20FN5O4S/c27-18-10-8-16(9-11-18)14-28-23(33)13-22-25(34)30-24-20-6-1-2-7-21(20)29-26(31(22)24)37-15-17-4-3-5-19(12-17)32(35)36/h1-12,22H,13-15H2,(H,28,33). The monoisotopic (exact) mass is 517 g/mol. The number of amides is 2. The van der Waals surface area contributed by atoms with E-state index in [1.807, 2.05) is 24.3 Å². The minimum Gasteiger partial charge on any atom is -0.352 e. The summed E-state index contributed by atoms with van der Waals surface area (Å²) >= 11 is 1.31. The zero-order valence-electron chi connectivity index (χ0n) is 19.3. The highest BCUT2D eigenvalue weighted by Crippen LogP contribution is 2.35. The van der Waals surface area contributed by atoms with Gasteiger partial charge in [0.1, 0.15) is 17.7 Å². The first-order chi connectivity index (χ1) is 17.9. The van der Waals surface area contributed by atoms with Crippen LogP contribution in [0.5, 0.6) is 0 Å². The van der Waals surface area contributed by atoms with Crippen LogP contribution in [0.3, 0.4) is 0 Å². The third-order valence-corrected chi connectivity index (χ3v) is 6.90. The minimum absolute atomic E-state index is 0.0108. The number of fused-ring (bicyclic) bond motifs is 3. The Morgan fingerprint density at radius 2 is 1.84 bits per heavy atom. The first kappa shape index (κ1) is 24.3. The number of nitro benzene ring substituents is 1. The molecule has 37 heavy (non-hydrogen) atoms. The Labute approximate surface area is 215 Å². The van der Waals surface area contributed by atoms with Crippen LogP contribution in [0.15, 0.2) is 82.8 Å². The molecule has 0 aromatic heterocycles. The van der Waals surface area contributed by atoms with Crippen LogP contribution in [0.25, 0.3) is 0 Å². The third-order valence-electron chi connectivity index (χ3n) is 5.88. The number of aliphatic imine (C=N–C) groups is 2. The number of amidine groups is 2. The maximum absolute atomic E-state index is 13.1. The molecule has 1 unspecified atom stereocenters. The van der Waals surface area contributed by atoms with Crippen molar-refractivity contribution in [3.8, 4) is 0 Å². The van der Waals surface area contributed by atoms with Gasteiger partial charge >= 0.3 is 0 Å². The molecule has 186 valence electrons. The van der Waals surface area contributed by atoms with E-state index in [0.717, 1.165) is 11.1 Å². The highest BCUT2D eigenvalue weighted by atomic mass is 32.2. The molecule has 0 saturated carbocycles. The van der Waals surface area contributed by atoms with Crippen molar-refractivity contribution in [2.75, 3.05) is 0 Å². The maximum Gasteiger partial charge on any atom is 0.271 e. The smallest absolute Gasteiger partial charge is 0.271 e. The molecule has 0 saturated heterocycles. The fourth-order valence-electron chi connectivity index (χ4n) is 4.06. The van der Waals surface area contributed by atoms with Gasteiger partial charge in [0, 0.05) is 30.0 Å². The molecule has 3 aromatic rings. The second-order valence-electron chi connectivity index (χ2n) is 8.39. The molecule has 2 amide bonds. The van der Waals surface area contributed by atoms with Crippen molar-refractivity contribution in [2.45, 2.75) is 24.8 Å². The van der Waals surface area contributed by atoms with Crippen molar-refractivity contribution >= 4 is 46.0 Å². The van der Waals surface area contributed by atoms with Crippen LogP contribution in [-0.4, -0.2) is 38.7 Å². The van der Waals surface area contributed by atoms with Gasteiger partial charge in [0.15, 0.2) is 5.17 Å². The van der Waals surface area contributed by atoms with Crippen molar-refractivity contribution in [2.24, 2.45) is 9.98 Å². The third kappa shape index (κ3) is 5.26. The lowest BCUT2D eigenvalue weighted by Gasteiger charge is -2.30. The molecule has 5 rings (SSSR count). The van der Waals surface area contributed by atoms with Gasteiger partial charge in [-0.05, 0) is 35.4 Å². The van der Waals surface area contributed by atoms with Crippen LogP contribution in [0, 0.1) is 15.9 Å². The summed E-state index contributed by atoms with van der Waals surface area (Å²) in [5, 5.41) is 14.4. The van der Waals surface area contributed by atoms with Gasteiger partial charge in [0.05, 0.1) is 17.0 Å². The van der Waals surface area contributed by atoms with Gasteiger partial charge in [0.25, 0.3) is 11.6 Å². The Morgan fingerprint density at radius 1 is 1.05 bits per heavy atom. The summed E-state index contributed by atoms with van der Waals surface area (Å²) in [7, 11) is 0. The number of benzene rings is 3. The number of carbonyl (C=O) groups excluding carboxylic acids is 2. The fraction of sp³-hybridized carbons (Fsp3) is 0.154. The second-order valence-corrected chi connectivity index (χ2v) is 9.34. The molecule has 0 fully saturated rings. The first-order valence-corrected chi connectivity index (χ1v) is 12.3. The second kappa shape index (κ2) is 10.3. The van der Waals surface area contributed by atoms with E-state index < -0.39 is 16.9 Å². The number of thioether (sulfide) groups is 1. The van der Waals surface area contributed by atoms with Crippen molar-refractivity contribution in [3.05, 3.63) is 105 Å². The largest absolute Gasteiger partial charge is 0.352 e. The van der Waals surface area contributed by atoms with Crippen LogP contribution in [0.2, 0.25) is 0 Å². The van der Waals surface area contributed by atoms with Crippen LogP contribution in [-0.2, 0) is 21.9 Å². The first-order valence-electron chi connectivity index (χ1n) is 11.4. The van der Waals surface area contributed by atoms with Crippen LogP contribution < -0.4 is 5.32 Å². The number of hydrogen-bond acceptors (Lipinski definition) is 7. The van der Waals surface area contributed by atoms with E-state index in [1.54, 1.807) is 29.2 Å². The normalized spacial score (nSPS) is 16.0. The van der Waals surface area contributed by atoms with Gasteiger partial charge < -0.3 is 5.32 Å². The number of nitrogens with zero attached hydrogens (tertiary/aromatic N) is 4. The van der Waals surface area contributed by atoms with Crippen molar-refractivity contribution < 1.29 is 18.9 Å². The number of non-ortho nitro benzene ring substituents is 1. The lowest BCUT2D eigenvalue weighted by atomic mass is 10.1. The van der Waals surface area contributed by atoms with Crippen molar-refractivity contribution in [1.82, 2.24) is 10.2 Å². The van der Waals surface area contributed by atoms with Gasteiger partial charge in [-0.3, -0.25) is 24.6 Å². The van der Waals surface area contributed by atoms with E-state index >= 15 is 0 Å². The summed E-state index contributed by atoms with van der Waals surface area (Å²) in [6.45, 7) is 0.194. The lowest BCUT2D eigenvalue weighted by molar-refractivity contribution is -0.384. The lowest BCUT2D eigenvalue weighted by Crippen LogP contribution is -2.45. The summed E-state index contributed by atoms with van der Waals surface area (Å²) in [6, 6.07) is 18.5. The molecule has 1 atom stereocenters. The van der Waals surface area contributed by atoms with Gasteiger partial charge in [-0.15, -0.1) is 0 Å². The predicted molar refractivity (Wildman–Crippen MR) is 138 cm³/mol. The van der Waals surface area contributed by atoms with Gasteiger partial charge in [-0.25, -0.2) is 9.38 Å². The quantitative estimate of drug-likeness (QED) is 0.368. The minimum atomic E-state index is -0.882. The summed E-state index contributed by atoms with van der Waals surface area (Å²) in [5.74, 6) is -0.387. The molecule has 9 nitrogen and oxygen atoms in total. The Hall–Kier alpha value is -4.38. The Balaban J connectivity index is 1.35. The Kier molecular flexibility index (Phi) is 6.78. The Bertz CT molecular complexity index is 1460. The topological polar surface area (TPSA) is 117 Å². The molecule has 2 aliphatic heterocycles. The zero-order valence-corrected chi connectivity index (χ0v) is 20.2. The number of carbonyl (C=O) groups is 2. The summed E-state index contributed by atoms with van der Waals surface area (Å²) in [6.07, 6.45) is -0.147. The summed E-state index contributed by atoms with van der Waals surface area (Å²) in [5.41, 5.74) is 2.77. The molecule has 0 aliphatic carbocycles. The van der Waals surface area contributed by atoms with Crippen molar-refractivity contribution in [1.29, 1.82) is 0 Å². The van der Waals surface area contributed by atoms with E-state index in [9.17, 15) is 24.1 Å². The van der Waals surface area contributed by atoms with Crippen LogP contribution in [0.4, 0.5) is 15.8 Å². The van der Waals surface area contributed by atoms with Crippen molar-refractivity contribution in [3.63, 3.8) is 0 Å².